The number of nitro groups is 1. The zero-order valence-electron chi connectivity index (χ0n) is 12.2. The number of nitrogens with zero attached hydrogens (tertiary/aromatic N) is 2. The lowest BCUT2D eigenvalue weighted by Gasteiger charge is -2.03. The number of H-pyrrole nitrogens is 1. The minimum Gasteiger partial charge on any atom is -0.507 e. The van der Waals surface area contributed by atoms with Gasteiger partial charge >= 0.3 is 0 Å². The molecule has 0 aliphatic carbocycles. The summed E-state index contributed by atoms with van der Waals surface area (Å²) in [6, 6.07) is 5.52. The Kier molecular flexibility index (Phi) is 4.36. The van der Waals surface area contributed by atoms with Crippen LogP contribution in [-0.4, -0.2) is 21.2 Å². The Bertz CT molecular complexity index is 809. The van der Waals surface area contributed by atoms with Gasteiger partial charge in [-0.05, 0) is 31.5 Å². The van der Waals surface area contributed by atoms with Crippen molar-refractivity contribution in [1.82, 2.24) is 4.98 Å². The smallest absolute Gasteiger partial charge is 0.270 e. The third-order valence-corrected chi connectivity index (χ3v) is 3.20. The second-order valence-electron chi connectivity index (χ2n) is 4.91. The molecule has 0 amide bonds. The summed E-state index contributed by atoms with van der Waals surface area (Å²) >= 11 is 0. The molecule has 22 heavy (non-hydrogen) atoms. The van der Waals surface area contributed by atoms with Crippen LogP contribution in [0.1, 0.15) is 22.4 Å². The molecule has 7 nitrogen and oxygen atoms in total. The number of pyridine rings is 1. The lowest BCUT2D eigenvalue weighted by atomic mass is 10.1. The molecule has 2 N–H and O–H groups in total. The Hall–Kier alpha value is -2.96. The van der Waals surface area contributed by atoms with Gasteiger partial charge in [0.1, 0.15) is 5.75 Å². The molecule has 7 heteroatoms. The van der Waals surface area contributed by atoms with E-state index in [9.17, 15) is 20.0 Å². The topological polar surface area (TPSA) is 109 Å². The molecule has 1 aromatic carbocycles. The average Bonchev–Trinajstić information content (AvgIpc) is 2.43. The largest absolute Gasteiger partial charge is 0.507 e. The van der Waals surface area contributed by atoms with Crippen molar-refractivity contribution in [2.24, 2.45) is 4.99 Å². The number of phenols is 1. The van der Waals surface area contributed by atoms with Crippen molar-refractivity contribution >= 4 is 11.9 Å². The second kappa shape index (κ2) is 6.21. The number of aryl methyl sites for hydroxylation is 2. The van der Waals surface area contributed by atoms with E-state index in [2.05, 4.69) is 9.98 Å². The summed E-state index contributed by atoms with van der Waals surface area (Å²) in [5.74, 6) is -0.108. The number of aromatic amines is 1. The zero-order chi connectivity index (χ0) is 16.3. The van der Waals surface area contributed by atoms with E-state index < -0.39 is 4.92 Å². The standard InChI is InChI=1S/C15H15N3O4/c1-9-5-10(2)17-15(20)13(9)8-16-7-11-6-12(18(21)22)3-4-14(11)19/h3-7,19H,8H2,1-2H3,(H,17,20). The molecule has 0 bridgehead atoms. The number of phenolic OH excluding ortho intramolecular Hbond substituents is 1. The van der Waals surface area contributed by atoms with Crippen LogP contribution in [0.4, 0.5) is 5.69 Å². The first-order chi connectivity index (χ1) is 10.4. The molecule has 0 spiro atoms. The predicted molar refractivity (Wildman–Crippen MR) is 82.6 cm³/mol. The quantitative estimate of drug-likeness (QED) is 0.512. The van der Waals surface area contributed by atoms with Crippen LogP contribution >= 0.6 is 0 Å². The zero-order valence-corrected chi connectivity index (χ0v) is 12.2. The third-order valence-electron chi connectivity index (χ3n) is 3.20. The van der Waals surface area contributed by atoms with E-state index in [-0.39, 0.29) is 29.1 Å². The summed E-state index contributed by atoms with van der Waals surface area (Å²) in [5.41, 5.74) is 2.00. The fraction of sp³-hybridized carbons (Fsp3) is 0.200. The Morgan fingerprint density at radius 3 is 2.73 bits per heavy atom. The molecule has 1 heterocycles. The van der Waals surface area contributed by atoms with Crippen LogP contribution < -0.4 is 5.56 Å². The van der Waals surface area contributed by atoms with Gasteiger partial charge in [0.15, 0.2) is 0 Å². The Morgan fingerprint density at radius 1 is 1.36 bits per heavy atom. The lowest BCUT2D eigenvalue weighted by molar-refractivity contribution is -0.384. The van der Waals surface area contributed by atoms with Crippen molar-refractivity contribution in [2.45, 2.75) is 20.4 Å². The summed E-state index contributed by atoms with van der Waals surface area (Å²) in [5, 5.41) is 20.4. The molecule has 0 fully saturated rings. The van der Waals surface area contributed by atoms with Gasteiger partial charge in [0.2, 0.25) is 0 Å². The molecule has 114 valence electrons. The number of non-ortho nitro benzene ring substituents is 1. The van der Waals surface area contributed by atoms with Crippen LogP contribution in [0.3, 0.4) is 0 Å². The minimum atomic E-state index is -0.550. The van der Waals surface area contributed by atoms with Gasteiger partial charge in [0.25, 0.3) is 11.2 Å². The van der Waals surface area contributed by atoms with E-state index in [1.807, 2.05) is 13.0 Å². The number of aromatic hydroxyl groups is 1. The van der Waals surface area contributed by atoms with E-state index in [0.29, 0.717) is 5.56 Å². The summed E-state index contributed by atoms with van der Waals surface area (Å²) in [7, 11) is 0. The lowest BCUT2D eigenvalue weighted by Crippen LogP contribution is -2.15. The molecular weight excluding hydrogens is 286 g/mol. The number of hydrogen-bond donors (Lipinski definition) is 2. The number of nitro benzene ring substituents is 1. The molecule has 0 radical (unpaired) electrons. The first kappa shape index (κ1) is 15.4. The molecule has 1 aromatic heterocycles. The summed E-state index contributed by atoms with van der Waals surface area (Å²) < 4.78 is 0. The van der Waals surface area contributed by atoms with Crippen LogP contribution in [0, 0.1) is 24.0 Å². The van der Waals surface area contributed by atoms with Crippen molar-refractivity contribution in [2.75, 3.05) is 0 Å². The van der Waals surface area contributed by atoms with E-state index in [4.69, 9.17) is 0 Å². The van der Waals surface area contributed by atoms with Crippen LogP contribution in [0.2, 0.25) is 0 Å². The molecule has 2 aromatic rings. The predicted octanol–water partition coefficient (Wildman–Crippen LogP) is 2.22. The van der Waals surface area contributed by atoms with E-state index >= 15 is 0 Å². The molecule has 0 unspecified atom stereocenters. The highest BCUT2D eigenvalue weighted by molar-refractivity contribution is 5.84. The van der Waals surface area contributed by atoms with Gasteiger partial charge in [-0.2, -0.15) is 0 Å². The van der Waals surface area contributed by atoms with Gasteiger partial charge in [-0.3, -0.25) is 19.9 Å². The third kappa shape index (κ3) is 3.38. The normalized spacial score (nSPS) is 11.0. The summed E-state index contributed by atoms with van der Waals surface area (Å²) in [6.07, 6.45) is 1.32. The number of rotatable bonds is 4. The highest BCUT2D eigenvalue weighted by Gasteiger charge is 2.09. The Morgan fingerprint density at radius 2 is 2.09 bits per heavy atom. The van der Waals surface area contributed by atoms with E-state index in [1.165, 1.54) is 24.4 Å². The van der Waals surface area contributed by atoms with E-state index in [1.54, 1.807) is 6.92 Å². The highest BCUT2D eigenvalue weighted by Crippen LogP contribution is 2.21. The Labute approximate surface area is 126 Å². The second-order valence-corrected chi connectivity index (χ2v) is 4.91. The van der Waals surface area contributed by atoms with Crippen LogP contribution in [-0.2, 0) is 6.54 Å². The minimum absolute atomic E-state index is 0.108. The molecule has 0 saturated heterocycles. The van der Waals surface area contributed by atoms with Crippen molar-refractivity contribution < 1.29 is 10.0 Å². The van der Waals surface area contributed by atoms with Gasteiger partial charge in [-0.15, -0.1) is 0 Å². The monoisotopic (exact) mass is 301 g/mol. The SMILES string of the molecule is Cc1cc(C)c(CN=Cc2cc([N+](=O)[O-])ccc2O)c(=O)[nH]1. The maximum Gasteiger partial charge on any atom is 0.270 e. The van der Waals surface area contributed by atoms with Crippen molar-refractivity contribution in [1.29, 1.82) is 0 Å². The van der Waals surface area contributed by atoms with Crippen LogP contribution in [0.15, 0.2) is 34.1 Å². The summed E-state index contributed by atoms with van der Waals surface area (Å²) in [6.45, 7) is 3.74. The van der Waals surface area contributed by atoms with Crippen molar-refractivity contribution in [3.8, 4) is 5.75 Å². The van der Waals surface area contributed by atoms with Gasteiger partial charge in [0.05, 0.1) is 11.5 Å². The fourth-order valence-corrected chi connectivity index (χ4v) is 2.07. The first-order valence-electron chi connectivity index (χ1n) is 6.55. The number of aliphatic imine (C=N–C) groups is 1. The first-order valence-corrected chi connectivity index (χ1v) is 6.55. The van der Waals surface area contributed by atoms with Gasteiger partial charge < -0.3 is 10.1 Å². The van der Waals surface area contributed by atoms with Gasteiger partial charge in [0, 0.05) is 35.2 Å². The van der Waals surface area contributed by atoms with E-state index in [0.717, 1.165) is 11.3 Å². The number of benzene rings is 1. The van der Waals surface area contributed by atoms with Crippen LogP contribution in [0.5, 0.6) is 5.75 Å². The molecule has 2 rings (SSSR count). The number of hydrogen-bond acceptors (Lipinski definition) is 5. The molecule has 0 saturated carbocycles. The fourth-order valence-electron chi connectivity index (χ4n) is 2.07. The number of nitrogens with one attached hydrogen (secondary N) is 1. The Balaban J connectivity index is 2.25. The number of aromatic nitrogens is 1. The average molecular weight is 301 g/mol. The molecule has 0 atom stereocenters. The van der Waals surface area contributed by atoms with Crippen molar-refractivity contribution in [3.05, 3.63) is 67.1 Å². The maximum atomic E-state index is 11.8. The van der Waals surface area contributed by atoms with Gasteiger partial charge in [-0.1, -0.05) is 0 Å². The maximum absolute atomic E-state index is 11.8. The molecule has 0 aliphatic rings. The van der Waals surface area contributed by atoms with Crippen molar-refractivity contribution in [3.63, 3.8) is 0 Å². The van der Waals surface area contributed by atoms with Crippen LogP contribution in [0.25, 0.3) is 0 Å². The molecule has 0 aliphatic heterocycles. The summed E-state index contributed by atoms with van der Waals surface area (Å²) in [4.78, 5) is 28.8. The van der Waals surface area contributed by atoms with Gasteiger partial charge in [-0.25, -0.2) is 0 Å². The molecular formula is C15H15N3O4. The highest BCUT2D eigenvalue weighted by atomic mass is 16.6.